The van der Waals surface area contributed by atoms with Gasteiger partial charge >= 0.3 is 5.69 Å². The number of nitrogens with zero attached hydrogens (tertiary/aromatic N) is 4. The Balaban J connectivity index is 2.42. The van der Waals surface area contributed by atoms with Crippen LogP contribution in [-0.4, -0.2) is 61.0 Å². The highest BCUT2D eigenvalue weighted by Crippen LogP contribution is 2.30. The lowest BCUT2D eigenvalue weighted by Crippen LogP contribution is -2.32. The Hall–Kier alpha value is -2.37. The van der Waals surface area contributed by atoms with Gasteiger partial charge in [0.2, 0.25) is 17.5 Å². The van der Waals surface area contributed by atoms with Crippen molar-refractivity contribution in [2.75, 3.05) is 12.3 Å². The Bertz CT molecular complexity index is 564. The van der Waals surface area contributed by atoms with Gasteiger partial charge in [-0.15, -0.1) is 0 Å². The van der Waals surface area contributed by atoms with Gasteiger partial charge < -0.3 is 25.8 Å². The molecule has 1 aliphatic rings. The molecule has 1 unspecified atom stereocenters. The van der Waals surface area contributed by atoms with Crippen LogP contribution in [-0.2, 0) is 4.74 Å². The topological polar surface area (TPSA) is 177 Å². The van der Waals surface area contributed by atoms with Gasteiger partial charge in [-0.2, -0.15) is 4.99 Å². The Morgan fingerprint density at radius 2 is 2.20 bits per heavy atom. The predicted molar refractivity (Wildman–Crippen MR) is 64.2 cm³/mol. The zero-order valence-electron chi connectivity index (χ0n) is 9.95. The van der Waals surface area contributed by atoms with E-state index >= 15 is 0 Å². The summed E-state index contributed by atoms with van der Waals surface area (Å²) in [6, 6.07) is 0. The largest absolute Gasteiger partial charge is 0.470 e. The van der Waals surface area contributed by atoms with Crippen LogP contribution < -0.4 is 5.73 Å². The monoisotopic (exact) mass is 285 g/mol. The number of rotatable bonds is 3. The fourth-order valence-electron chi connectivity index (χ4n) is 1.63. The fourth-order valence-corrected chi connectivity index (χ4v) is 1.63. The summed E-state index contributed by atoms with van der Waals surface area (Å²) >= 11 is 0. The minimum absolute atomic E-state index is 0.391. The van der Waals surface area contributed by atoms with Crippen molar-refractivity contribution in [1.29, 1.82) is 0 Å². The third-order valence-corrected chi connectivity index (χ3v) is 2.64. The van der Waals surface area contributed by atoms with E-state index in [2.05, 4.69) is 15.0 Å². The molecular weight excluding hydrogens is 274 g/mol. The third-order valence-electron chi connectivity index (χ3n) is 2.64. The zero-order chi connectivity index (χ0) is 14.9. The highest BCUT2D eigenvalue weighted by Gasteiger charge is 2.41. The van der Waals surface area contributed by atoms with Crippen LogP contribution in [0.2, 0.25) is 0 Å². The molecule has 1 fully saturated rings. The summed E-state index contributed by atoms with van der Waals surface area (Å²) in [4.78, 5) is 20.8. The van der Waals surface area contributed by atoms with Gasteiger partial charge in [-0.1, -0.05) is 0 Å². The Labute approximate surface area is 111 Å². The van der Waals surface area contributed by atoms with Crippen molar-refractivity contribution in [3.8, 4) is 0 Å². The van der Waals surface area contributed by atoms with Gasteiger partial charge in [-0.25, -0.2) is 9.97 Å². The molecule has 20 heavy (non-hydrogen) atoms. The smallest absolute Gasteiger partial charge is 0.355 e. The van der Waals surface area contributed by atoms with Crippen LogP contribution in [0.25, 0.3) is 0 Å². The molecular formula is C9H11N5O6. The molecule has 0 amide bonds. The maximum atomic E-state index is 10.9. The standard InChI is InChI=1S/C9H11N5O6/c10-7-4(14(18)19)8(12-2-11-7)13-9-6(17)5(16)3(1-15)20-9/h2-3,5-6,15-17H,1H2,(H2,10,11,12)/t3-,5?,6-/m1/s1. The molecule has 2 heterocycles. The highest BCUT2D eigenvalue weighted by atomic mass is 16.6. The third kappa shape index (κ3) is 2.36. The number of ether oxygens (including phenoxy) is 1. The average molecular weight is 285 g/mol. The van der Waals surface area contributed by atoms with Gasteiger partial charge in [0, 0.05) is 0 Å². The summed E-state index contributed by atoms with van der Waals surface area (Å²) in [6.07, 6.45) is -3.02. The first-order valence-electron chi connectivity index (χ1n) is 5.42. The first kappa shape index (κ1) is 14.0. The lowest BCUT2D eigenvalue weighted by Gasteiger charge is -2.08. The summed E-state index contributed by atoms with van der Waals surface area (Å²) in [5, 5.41) is 39.0. The van der Waals surface area contributed by atoms with E-state index < -0.39 is 53.1 Å². The summed E-state index contributed by atoms with van der Waals surface area (Å²) < 4.78 is 4.99. The first-order chi connectivity index (χ1) is 9.45. The first-order valence-corrected chi connectivity index (χ1v) is 5.42. The van der Waals surface area contributed by atoms with Crippen LogP contribution in [0.4, 0.5) is 17.3 Å². The number of anilines is 1. The van der Waals surface area contributed by atoms with E-state index in [1.807, 2.05) is 0 Å². The number of aliphatic hydroxyl groups is 3. The predicted octanol–water partition coefficient (Wildman–Crippen LogP) is -1.89. The van der Waals surface area contributed by atoms with Crippen LogP contribution in [0.5, 0.6) is 0 Å². The van der Waals surface area contributed by atoms with Gasteiger partial charge in [0.15, 0.2) is 12.2 Å². The molecule has 3 atom stereocenters. The number of nitro groups is 1. The van der Waals surface area contributed by atoms with Crippen molar-refractivity contribution in [2.24, 2.45) is 4.99 Å². The Morgan fingerprint density at radius 3 is 2.75 bits per heavy atom. The summed E-state index contributed by atoms with van der Waals surface area (Å²) in [6.45, 7) is -0.550. The number of aromatic nitrogens is 2. The second-order valence-electron chi connectivity index (χ2n) is 3.91. The van der Waals surface area contributed by atoms with Crippen LogP contribution in [0, 0.1) is 10.1 Å². The minimum atomic E-state index is -1.53. The molecule has 0 radical (unpaired) electrons. The molecule has 5 N–H and O–H groups in total. The van der Waals surface area contributed by atoms with Gasteiger partial charge in [-0.05, 0) is 0 Å². The van der Waals surface area contributed by atoms with Crippen molar-refractivity contribution in [1.82, 2.24) is 9.97 Å². The molecule has 1 aromatic rings. The van der Waals surface area contributed by atoms with Crippen molar-refractivity contribution >= 4 is 23.2 Å². The van der Waals surface area contributed by atoms with Crippen molar-refractivity contribution in [2.45, 2.75) is 18.3 Å². The maximum Gasteiger partial charge on any atom is 0.355 e. The normalized spacial score (nSPS) is 27.6. The van der Waals surface area contributed by atoms with Crippen molar-refractivity contribution in [3.63, 3.8) is 0 Å². The molecule has 0 spiro atoms. The van der Waals surface area contributed by atoms with Crippen LogP contribution >= 0.6 is 0 Å². The summed E-state index contributed by atoms with van der Waals surface area (Å²) in [7, 11) is 0. The lowest BCUT2D eigenvalue weighted by atomic mass is 10.1. The second kappa shape index (κ2) is 5.32. The maximum absolute atomic E-state index is 10.9. The van der Waals surface area contributed by atoms with Gasteiger partial charge in [0.25, 0.3) is 0 Å². The van der Waals surface area contributed by atoms with E-state index in [9.17, 15) is 20.3 Å². The van der Waals surface area contributed by atoms with Crippen LogP contribution in [0.15, 0.2) is 11.3 Å². The molecule has 1 aliphatic heterocycles. The van der Waals surface area contributed by atoms with Gasteiger partial charge in [0.1, 0.15) is 12.4 Å². The Kier molecular flexibility index (Phi) is 3.74. The number of aliphatic hydroxyl groups excluding tert-OH is 3. The van der Waals surface area contributed by atoms with E-state index in [0.717, 1.165) is 6.33 Å². The second-order valence-corrected chi connectivity index (χ2v) is 3.91. The molecule has 11 heteroatoms. The molecule has 11 nitrogen and oxygen atoms in total. The molecule has 1 saturated heterocycles. The molecule has 108 valence electrons. The van der Waals surface area contributed by atoms with E-state index in [1.54, 1.807) is 0 Å². The lowest BCUT2D eigenvalue weighted by molar-refractivity contribution is -0.383. The number of aliphatic imine (C=N–C) groups is 1. The SMILES string of the molecule is Nc1ncnc(N=C2O[C@H](CO)C(O)[C@H]2O)c1[N+](=O)[O-]. The molecule has 0 bridgehead atoms. The molecule has 1 aromatic heterocycles. The zero-order valence-corrected chi connectivity index (χ0v) is 9.95. The van der Waals surface area contributed by atoms with Crippen LogP contribution in [0.1, 0.15) is 0 Å². The molecule has 0 aromatic carbocycles. The minimum Gasteiger partial charge on any atom is -0.470 e. The van der Waals surface area contributed by atoms with Crippen molar-refractivity contribution in [3.05, 3.63) is 16.4 Å². The average Bonchev–Trinajstić information content (AvgIpc) is 2.66. The van der Waals surface area contributed by atoms with Gasteiger partial charge in [-0.3, -0.25) is 10.1 Å². The quantitative estimate of drug-likeness (QED) is 0.365. The molecule has 0 saturated carbocycles. The number of hydrogen-bond donors (Lipinski definition) is 4. The summed E-state index contributed by atoms with van der Waals surface area (Å²) in [5.41, 5.74) is 4.72. The highest BCUT2D eigenvalue weighted by molar-refractivity contribution is 5.87. The van der Waals surface area contributed by atoms with E-state index in [4.69, 9.17) is 15.6 Å². The fraction of sp³-hybridized carbons (Fsp3) is 0.444. The van der Waals surface area contributed by atoms with E-state index in [-0.39, 0.29) is 0 Å². The van der Waals surface area contributed by atoms with E-state index in [1.165, 1.54) is 0 Å². The molecule has 0 aliphatic carbocycles. The van der Waals surface area contributed by atoms with Gasteiger partial charge in [0.05, 0.1) is 11.5 Å². The van der Waals surface area contributed by atoms with E-state index in [0.29, 0.717) is 0 Å². The summed E-state index contributed by atoms with van der Waals surface area (Å²) in [5.74, 6) is -1.20. The Morgan fingerprint density at radius 1 is 1.50 bits per heavy atom. The number of nitrogen functional groups attached to an aromatic ring is 1. The number of nitrogens with two attached hydrogens (primary N) is 1. The molecule has 2 rings (SSSR count). The van der Waals surface area contributed by atoms with Crippen LogP contribution in [0.3, 0.4) is 0 Å². The number of hydrogen-bond acceptors (Lipinski definition) is 10. The van der Waals surface area contributed by atoms with Crippen molar-refractivity contribution < 1.29 is 25.0 Å².